The van der Waals surface area contributed by atoms with Crippen LogP contribution >= 0.6 is 24.0 Å². The van der Waals surface area contributed by atoms with Gasteiger partial charge in [0.25, 0.3) is 5.91 Å². The van der Waals surface area contributed by atoms with Crippen LogP contribution in [0.2, 0.25) is 0 Å². The van der Waals surface area contributed by atoms with Crippen LogP contribution in [0.5, 0.6) is 0 Å². The molecule has 0 spiro atoms. The zero-order chi connectivity index (χ0) is 18.9. The van der Waals surface area contributed by atoms with Crippen LogP contribution in [-0.2, 0) is 6.54 Å². The van der Waals surface area contributed by atoms with Crippen LogP contribution < -0.4 is 10.6 Å². The zero-order valence-electron chi connectivity index (χ0n) is 17.0. The number of guanidine groups is 1. The number of nitrogens with one attached hydrogen (secondary N) is 2. The highest BCUT2D eigenvalue weighted by Gasteiger charge is 2.16. The van der Waals surface area contributed by atoms with E-state index < -0.39 is 0 Å². The number of rotatable bonds is 6. The lowest BCUT2D eigenvalue weighted by molar-refractivity contribution is 0.0827. The quantitative estimate of drug-likeness (QED) is 0.368. The van der Waals surface area contributed by atoms with E-state index in [4.69, 9.17) is 0 Å². The third-order valence-corrected chi connectivity index (χ3v) is 4.97. The van der Waals surface area contributed by atoms with Crippen LogP contribution in [0.25, 0.3) is 0 Å². The van der Waals surface area contributed by atoms with E-state index in [1.165, 1.54) is 32.4 Å². The van der Waals surface area contributed by atoms with Crippen LogP contribution in [0.4, 0.5) is 0 Å². The number of nitrogens with zero attached hydrogens (tertiary/aromatic N) is 3. The maximum Gasteiger partial charge on any atom is 0.253 e. The second kappa shape index (κ2) is 12.2. The van der Waals surface area contributed by atoms with Crippen molar-refractivity contribution in [2.45, 2.75) is 25.8 Å². The van der Waals surface area contributed by atoms with Gasteiger partial charge in [-0.05, 0) is 63.0 Å². The Morgan fingerprint density at radius 2 is 1.81 bits per heavy atom. The summed E-state index contributed by atoms with van der Waals surface area (Å²) in [5.41, 5.74) is 1.83. The van der Waals surface area contributed by atoms with Gasteiger partial charge in [-0.3, -0.25) is 9.79 Å². The number of amides is 1. The van der Waals surface area contributed by atoms with E-state index in [1.54, 1.807) is 26.0 Å². The van der Waals surface area contributed by atoms with Crippen LogP contribution in [0.1, 0.15) is 35.2 Å². The Kier molecular flexibility index (Phi) is 10.7. The Balaban J connectivity index is 0.00000364. The van der Waals surface area contributed by atoms with E-state index in [1.807, 2.05) is 24.3 Å². The van der Waals surface area contributed by atoms with Gasteiger partial charge in [0.2, 0.25) is 0 Å². The molecule has 0 aliphatic carbocycles. The Bertz CT molecular complexity index is 595. The molecule has 1 aliphatic rings. The van der Waals surface area contributed by atoms with Crippen molar-refractivity contribution in [2.24, 2.45) is 10.9 Å². The number of carbonyl (C=O) groups is 1. The summed E-state index contributed by atoms with van der Waals surface area (Å²) >= 11 is 0. The third kappa shape index (κ3) is 8.04. The molecule has 0 unspecified atom stereocenters. The molecular formula is C20H34IN5O. The normalized spacial score (nSPS) is 15.8. The molecule has 27 heavy (non-hydrogen) atoms. The molecule has 0 saturated carbocycles. The Labute approximate surface area is 180 Å². The number of hydrogen-bond acceptors (Lipinski definition) is 3. The molecule has 0 radical (unpaired) electrons. The first kappa shape index (κ1) is 23.7. The van der Waals surface area contributed by atoms with E-state index in [0.717, 1.165) is 24.0 Å². The fraction of sp³-hybridized carbons (Fsp3) is 0.600. The maximum atomic E-state index is 11.9. The van der Waals surface area contributed by atoms with E-state index in [9.17, 15) is 4.79 Å². The lowest BCUT2D eigenvalue weighted by atomic mass is 9.94. The highest BCUT2D eigenvalue weighted by molar-refractivity contribution is 14.0. The number of aliphatic imine (C=N–C) groups is 1. The van der Waals surface area contributed by atoms with Crippen LogP contribution in [0.3, 0.4) is 0 Å². The lowest BCUT2D eigenvalue weighted by Gasteiger charge is -2.29. The predicted molar refractivity (Wildman–Crippen MR) is 123 cm³/mol. The number of hydrogen-bond donors (Lipinski definition) is 2. The second-order valence-electron chi connectivity index (χ2n) is 7.28. The van der Waals surface area contributed by atoms with Crippen molar-refractivity contribution in [1.29, 1.82) is 0 Å². The first-order valence-corrected chi connectivity index (χ1v) is 9.43. The predicted octanol–water partition coefficient (Wildman–Crippen LogP) is 2.40. The maximum absolute atomic E-state index is 11.9. The topological polar surface area (TPSA) is 60.0 Å². The molecule has 1 amide bonds. The molecule has 0 aromatic heterocycles. The number of likely N-dealkylation sites (tertiary alicyclic amines) is 1. The molecule has 6 nitrogen and oxygen atoms in total. The van der Waals surface area contributed by atoms with Gasteiger partial charge in [0.15, 0.2) is 5.96 Å². The largest absolute Gasteiger partial charge is 0.356 e. The molecule has 1 aromatic carbocycles. The summed E-state index contributed by atoms with van der Waals surface area (Å²) in [6, 6.07) is 7.70. The first-order chi connectivity index (χ1) is 12.5. The Morgan fingerprint density at radius 3 is 2.37 bits per heavy atom. The highest BCUT2D eigenvalue weighted by Crippen LogP contribution is 2.18. The smallest absolute Gasteiger partial charge is 0.253 e. The summed E-state index contributed by atoms with van der Waals surface area (Å²) in [5.74, 6) is 1.67. The fourth-order valence-electron chi connectivity index (χ4n) is 3.18. The molecule has 1 aromatic rings. The minimum absolute atomic E-state index is 0. The lowest BCUT2D eigenvalue weighted by Crippen LogP contribution is -2.38. The van der Waals surface area contributed by atoms with E-state index in [2.05, 4.69) is 27.6 Å². The van der Waals surface area contributed by atoms with E-state index in [0.29, 0.717) is 12.1 Å². The number of piperidine rings is 1. The third-order valence-electron chi connectivity index (χ3n) is 4.97. The molecule has 1 fully saturated rings. The van der Waals surface area contributed by atoms with Crippen molar-refractivity contribution in [3.05, 3.63) is 35.4 Å². The van der Waals surface area contributed by atoms with Gasteiger partial charge in [0.05, 0.1) is 0 Å². The summed E-state index contributed by atoms with van der Waals surface area (Å²) in [4.78, 5) is 20.2. The molecule has 1 aliphatic heterocycles. The van der Waals surface area contributed by atoms with Crippen molar-refractivity contribution < 1.29 is 4.79 Å². The highest BCUT2D eigenvalue weighted by atomic mass is 127. The molecule has 1 saturated heterocycles. The Hall–Kier alpha value is -1.35. The number of carbonyl (C=O) groups excluding carboxylic acids is 1. The number of halogens is 1. The van der Waals surface area contributed by atoms with Crippen LogP contribution in [0.15, 0.2) is 29.3 Å². The van der Waals surface area contributed by atoms with Gasteiger partial charge in [-0.15, -0.1) is 24.0 Å². The molecule has 0 atom stereocenters. The monoisotopic (exact) mass is 487 g/mol. The fourth-order valence-corrected chi connectivity index (χ4v) is 3.18. The average Bonchev–Trinajstić information content (AvgIpc) is 2.65. The van der Waals surface area contributed by atoms with Crippen molar-refractivity contribution >= 4 is 35.8 Å². The summed E-state index contributed by atoms with van der Waals surface area (Å²) in [6.45, 7) is 4.06. The summed E-state index contributed by atoms with van der Waals surface area (Å²) in [7, 11) is 7.52. The van der Waals surface area contributed by atoms with E-state index in [-0.39, 0.29) is 29.9 Å². The average molecular weight is 487 g/mol. The van der Waals surface area contributed by atoms with Crippen molar-refractivity contribution in [3.63, 3.8) is 0 Å². The van der Waals surface area contributed by atoms with Gasteiger partial charge in [-0.1, -0.05) is 12.1 Å². The SMILES string of the molecule is CN=C(NCCC1CCN(C)CC1)NCc1ccc(C(=O)N(C)C)cc1.I. The standard InChI is InChI=1S/C20H33N5O.HI/c1-21-20(22-12-9-16-10-13-25(4)14-11-16)23-15-17-5-7-18(8-6-17)19(26)24(2)3;/h5-8,16H,9-15H2,1-4H3,(H2,21,22,23);1H. The second-order valence-corrected chi connectivity index (χ2v) is 7.28. The molecule has 2 rings (SSSR count). The summed E-state index contributed by atoms with van der Waals surface area (Å²) in [5, 5.41) is 6.74. The van der Waals surface area contributed by atoms with Gasteiger partial charge in [0.1, 0.15) is 0 Å². The molecule has 7 heteroatoms. The molecular weight excluding hydrogens is 453 g/mol. The summed E-state index contributed by atoms with van der Waals surface area (Å²) < 4.78 is 0. The van der Waals surface area contributed by atoms with Crippen molar-refractivity contribution in [2.75, 3.05) is 47.8 Å². The molecule has 2 N–H and O–H groups in total. The zero-order valence-corrected chi connectivity index (χ0v) is 19.3. The molecule has 1 heterocycles. The van der Waals surface area contributed by atoms with E-state index >= 15 is 0 Å². The Morgan fingerprint density at radius 1 is 1.19 bits per heavy atom. The number of benzene rings is 1. The van der Waals surface area contributed by atoms with Crippen molar-refractivity contribution in [3.8, 4) is 0 Å². The van der Waals surface area contributed by atoms with Gasteiger partial charge in [-0.2, -0.15) is 0 Å². The van der Waals surface area contributed by atoms with Gasteiger partial charge >= 0.3 is 0 Å². The minimum atomic E-state index is 0. The first-order valence-electron chi connectivity index (χ1n) is 9.43. The summed E-state index contributed by atoms with van der Waals surface area (Å²) in [6.07, 6.45) is 3.78. The molecule has 152 valence electrons. The van der Waals surface area contributed by atoms with Crippen LogP contribution in [0, 0.1) is 5.92 Å². The van der Waals surface area contributed by atoms with Crippen LogP contribution in [-0.4, -0.2) is 69.5 Å². The van der Waals surface area contributed by atoms with Gasteiger partial charge in [-0.25, -0.2) is 0 Å². The van der Waals surface area contributed by atoms with Gasteiger partial charge in [0, 0.05) is 39.8 Å². The van der Waals surface area contributed by atoms with Crippen molar-refractivity contribution in [1.82, 2.24) is 20.4 Å². The molecule has 0 bridgehead atoms. The van der Waals surface area contributed by atoms with Gasteiger partial charge < -0.3 is 20.4 Å². The minimum Gasteiger partial charge on any atom is -0.356 e.